The normalized spacial score (nSPS) is 7.10. The van der Waals surface area contributed by atoms with Crippen molar-refractivity contribution in [2.45, 2.75) is 20.8 Å². The summed E-state index contributed by atoms with van der Waals surface area (Å²) < 4.78 is 4.06. The lowest BCUT2D eigenvalue weighted by Crippen LogP contribution is -2.15. The number of carbonyl (C=O) groups excluding carboxylic acids is 1. The zero-order chi connectivity index (χ0) is 8.57. The van der Waals surface area contributed by atoms with Crippen LogP contribution in [0.25, 0.3) is 0 Å². The van der Waals surface area contributed by atoms with Gasteiger partial charge in [-0.05, 0) is 6.92 Å². The van der Waals surface area contributed by atoms with Gasteiger partial charge in [0, 0.05) is 0 Å². The highest BCUT2D eigenvalue weighted by molar-refractivity contribution is 6.28. The smallest absolute Gasteiger partial charge is 0.417 e. The lowest BCUT2D eigenvalue weighted by Gasteiger charge is -1.91. The van der Waals surface area contributed by atoms with Crippen molar-refractivity contribution >= 4 is 11.9 Å². The molecule has 4 heteroatoms. The molecule has 0 aromatic rings. The maximum atomic E-state index is 9.92. The van der Waals surface area contributed by atoms with Gasteiger partial charge in [-0.3, -0.25) is 0 Å². The van der Waals surface area contributed by atoms with Gasteiger partial charge in [0.15, 0.2) is 0 Å². The summed E-state index contributed by atoms with van der Waals surface area (Å²) in [6, 6.07) is 0. The topological polar surface area (TPSA) is 63.6 Å². The van der Waals surface area contributed by atoms with Gasteiger partial charge >= 0.3 is 11.9 Å². The van der Waals surface area contributed by atoms with E-state index in [-0.39, 0.29) is 6.61 Å². The van der Waals surface area contributed by atoms with E-state index in [9.17, 15) is 9.59 Å². The standard InChI is InChI=1S/C4H6O4.C2H6/c1-2-8-4(7)3(5)6;1-2/h2H2,1H3,(H,5,6);1-2H3. The monoisotopic (exact) mass is 148 g/mol. The number of ether oxygens (including phenoxy) is 1. The molecule has 0 unspecified atom stereocenters. The van der Waals surface area contributed by atoms with Gasteiger partial charge < -0.3 is 9.84 Å². The summed E-state index contributed by atoms with van der Waals surface area (Å²) in [7, 11) is 0. The van der Waals surface area contributed by atoms with E-state index in [1.165, 1.54) is 0 Å². The molecule has 0 heterocycles. The molecule has 0 rings (SSSR count). The molecule has 0 aliphatic heterocycles. The zero-order valence-electron chi connectivity index (χ0n) is 6.38. The molecule has 0 radical (unpaired) electrons. The fourth-order valence-corrected chi connectivity index (χ4v) is 0.193. The van der Waals surface area contributed by atoms with Crippen LogP contribution >= 0.6 is 0 Å². The predicted molar refractivity (Wildman–Crippen MR) is 35.6 cm³/mol. The van der Waals surface area contributed by atoms with Gasteiger partial charge in [-0.1, -0.05) is 13.8 Å². The average molecular weight is 148 g/mol. The van der Waals surface area contributed by atoms with Crippen molar-refractivity contribution in [2.24, 2.45) is 0 Å². The quantitative estimate of drug-likeness (QED) is 0.438. The second-order valence-corrected chi connectivity index (χ2v) is 1.03. The number of carbonyl (C=O) groups is 2. The Bertz CT molecular complexity index is 108. The van der Waals surface area contributed by atoms with Gasteiger partial charge in [-0.2, -0.15) is 0 Å². The number of hydrogen-bond acceptors (Lipinski definition) is 3. The Hall–Kier alpha value is -1.06. The highest BCUT2D eigenvalue weighted by atomic mass is 16.6. The van der Waals surface area contributed by atoms with Gasteiger partial charge in [0.25, 0.3) is 0 Å². The van der Waals surface area contributed by atoms with Crippen LogP contribution < -0.4 is 0 Å². The number of aliphatic carboxylic acids is 1. The molecule has 0 aromatic heterocycles. The van der Waals surface area contributed by atoms with Crippen molar-refractivity contribution in [1.82, 2.24) is 0 Å². The van der Waals surface area contributed by atoms with E-state index < -0.39 is 11.9 Å². The summed E-state index contributed by atoms with van der Waals surface area (Å²) in [5, 5.41) is 7.84. The average Bonchev–Trinajstić information content (AvgIpc) is 1.93. The Labute approximate surface area is 59.8 Å². The second-order valence-electron chi connectivity index (χ2n) is 1.03. The fraction of sp³-hybridized carbons (Fsp3) is 0.667. The summed E-state index contributed by atoms with van der Waals surface area (Å²) in [5.74, 6) is -2.75. The maximum absolute atomic E-state index is 9.92. The second kappa shape index (κ2) is 7.94. The Morgan fingerprint density at radius 2 is 1.80 bits per heavy atom. The molecule has 4 nitrogen and oxygen atoms in total. The van der Waals surface area contributed by atoms with E-state index in [4.69, 9.17) is 5.11 Å². The van der Waals surface area contributed by atoms with E-state index in [1.54, 1.807) is 6.92 Å². The van der Waals surface area contributed by atoms with Crippen molar-refractivity contribution in [3.05, 3.63) is 0 Å². The number of carboxylic acids is 1. The van der Waals surface area contributed by atoms with Crippen LogP contribution in [-0.2, 0) is 14.3 Å². The molecule has 10 heavy (non-hydrogen) atoms. The van der Waals surface area contributed by atoms with E-state index in [0.717, 1.165) is 0 Å². The van der Waals surface area contributed by atoms with Crippen LogP contribution in [0.5, 0.6) is 0 Å². The molecular formula is C6H12O4. The molecule has 60 valence electrons. The lowest BCUT2D eigenvalue weighted by atomic mass is 10.7. The van der Waals surface area contributed by atoms with E-state index in [1.807, 2.05) is 13.8 Å². The minimum Gasteiger partial charge on any atom is -0.473 e. The molecule has 0 aromatic carbocycles. The molecular weight excluding hydrogens is 136 g/mol. The van der Waals surface area contributed by atoms with Crippen molar-refractivity contribution in [3.63, 3.8) is 0 Å². The van der Waals surface area contributed by atoms with Gasteiger partial charge in [-0.15, -0.1) is 0 Å². The summed E-state index contributed by atoms with van der Waals surface area (Å²) in [4.78, 5) is 19.5. The first-order valence-electron chi connectivity index (χ1n) is 3.08. The maximum Gasteiger partial charge on any atom is 0.417 e. The largest absolute Gasteiger partial charge is 0.473 e. The molecule has 0 saturated carbocycles. The lowest BCUT2D eigenvalue weighted by molar-refractivity contribution is -0.163. The minimum absolute atomic E-state index is 0.102. The first-order chi connectivity index (χ1) is 4.68. The van der Waals surface area contributed by atoms with Crippen molar-refractivity contribution in [1.29, 1.82) is 0 Å². The van der Waals surface area contributed by atoms with Crippen molar-refractivity contribution < 1.29 is 19.4 Å². The van der Waals surface area contributed by atoms with Crippen LogP contribution in [0.3, 0.4) is 0 Å². The Kier molecular flexibility index (Phi) is 9.29. The molecule has 0 spiro atoms. The molecule has 0 aliphatic carbocycles. The third-order valence-corrected chi connectivity index (χ3v) is 0.450. The van der Waals surface area contributed by atoms with Gasteiger partial charge in [0.1, 0.15) is 0 Å². The molecule has 0 amide bonds. The molecule has 0 bridgehead atoms. The van der Waals surface area contributed by atoms with Crippen LogP contribution in [-0.4, -0.2) is 23.7 Å². The Morgan fingerprint density at radius 3 is 1.90 bits per heavy atom. The van der Waals surface area contributed by atoms with Crippen LogP contribution in [0, 0.1) is 0 Å². The highest BCUT2D eigenvalue weighted by Gasteiger charge is 2.09. The molecule has 0 aliphatic rings. The highest BCUT2D eigenvalue weighted by Crippen LogP contribution is 1.74. The SMILES string of the molecule is CC.CCOC(=O)C(=O)O. The van der Waals surface area contributed by atoms with Crippen LogP contribution in [0.1, 0.15) is 20.8 Å². The summed E-state index contributed by atoms with van der Waals surface area (Å²) in [6.07, 6.45) is 0. The van der Waals surface area contributed by atoms with Gasteiger partial charge in [0.2, 0.25) is 0 Å². The Morgan fingerprint density at radius 1 is 1.40 bits per heavy atom. The summed E-state index contributed by atoms with van der Waals surface area (Å²) >= 11 is 0. The van der Waals surface area contributed by atoms with Gasteiger partial charge in [0.05, 0.1) is 6.61 Å². The Balaban J connectivity index is 0. The molecule has 0 atom stereocenters. The van der Waals surface area contributed by atoms with Crippen LogP contribution in [0.2, 0.25) is 0 Å². The number of hydrogen-bond donors (Lipinski definition) is 1. The third kappa shape index (κ3) is 6.94. The number of esters is 1. The van der Waals surface area contributed by atoms with Crippen molar-refractivity contribution in [2.75, 3.05) is 6.61 Å². The number of rotatable bonds is 1. The first-order valence-corrected chi connectivity index (χ1v) is 3.08. The molecule has 0 saturated heterocycles. The summed E-state index contributed by atoms with van der Waals surface area (Å²) in [5.41, 5.74) is 0. The minimum atomic E-state index is -1.55. The first kappa shape index (κ1) is 11.7. The molecule has 1 N–H and O–H groups in total. The van der Waals surface area contributed by atoms with Crippen molar-refractivity contribution in [3.8, 4) is 0 Å². The van der Waals surface area contributed by atoms with Crippen LogP contribution in [0.4, 0.5) is 0 Å². The van der Waals surface area contributed by atoms with E-state index >= 15 is 0 Å². The van der Waals surface area contributed by atoms with E-state index in [0.29, 0.717) is 0 Å². The fourth-order valence-electron chi connectivity index (χ4n) is 0.193. The van der Waals surface area contributed by atoms with E-state index in [2.05, 4.69) is 4.74 Å². The van der Waals surface area contributed by atoms with Crippen LogP contribution in [0.15, 0.2) is 0 Å². The number of carboxylic acid groups (broad SMARTS) is 1. The predicted octanol–water partition coefficient (Wildman–Crippen LogP) is 0.660. The summed E-state index contributed by atoms with van der Waals surface area (Å²) in [6.45, 7) is 5.64. The molecule has 0 fully saturated rings. The zero-order valence-corrected chi connectivity index (χ0v) is 6.38. The third-order valence-electron chi connectivity index (χ3n) is 0.450. The van der Waals surface area contributed by atoms with Gasteiger partial charge in [-0.25, -0.2) is 9.59 Å².